The Bertz CT molecular complexity index is 652. The Labute approximate surface area is 131 Å². The minimum Gasteiger partial charge on any atom is -0.496 e. The van der Waals surface area contributed by atoms with E-state index in [4.69, 9.17) is 14.0 Å². The van der Waals surface area contributed by atoms with Crippen LogP contribution in [0.4, 0.5) is 0 Å². The summed E-state index contributed by atoms with van der Waals surface area (Å²) < 4.78 is 17.6. The van der Waals surface area contributed by atoms with E-state index in [1.165, 1.54) is 0 Å². The first-order valence-corrected chi connectivity index (χ1v) is 7.37. The Kier molecular flexibility index (Phi) is 3.53. The van der Waals surface area contributed by atoms with Gasteiger partial charge in [-0.2, -0.15) is 0 Å². The van der Waals surface area contributed by atoms with Gasteiger partial charge in [0.05, 0.1) is 23.9 Å². The van der Waals surface area contributed by atoms with Gasteiger partial charge in [-0.3, -0.25) is 0 Å². The Hall–Kier alpha value is -1.79. The molecule has 1 fully saturated rings. The number of benzene rings is 1. The van der Waals surface area contributed by atoms with Crippen molar-refractivity contribution in [2.45, 2.75) is 38.9 Å². The summed E-state index contributed by atoms with van der Waals surface area (Å²) in [7, 11) is 1.25. The summed E-state index contributed by atoms with van der Waals surface area (Å²) >= 11 is 0. The lowest BCUT2D eigenvalue weighted by Crippen LogP contribution is -2.41. The number of nitrogens with zero attached hydrogens (tertiary/aromatic N) is 1. The van der Waals surface area contributed by atoms with Gasteiger partial charge in [-0.15, -0.1) is 0 Å². The third-order valence-electron chi connectivity index (χ3n) is 4.50. The average molecular weight is 300 g/mol. The number of ether oxygens (including phenoxy) is 1. The Balaban J connectivity index is 1.98. The topological polar surface area (TPSA) is 56.4 Å². The van der Waals surface area contributed by atoms with E-state index in [1.807, 2.05) is 45.9 Å². The molecule has 1 aromatic carbocycles. The van der Waals surface area contributed by atoms with E-state index in [0.29, 0.717) is 0 Å². The van der Waals surface area contributed by atoms with Crippen molar-refractivity contribution >= 4 is 12.6 Å². The minimum absolute atomic E-state index is 0.359. The lowest BCUT2D eigenvalue weighted by Gasteiger charge is -2.32. The molecule has 0 amide bonds. The monoisotopic (exact) mass is 300 g/mol. The second kappa shape index (κ2) is 5.14. The van der Waals surface area contributed by atoms with Crippen molar-refractivity contribution < 1.29 is 14.0 Å². The number of imidazole rings is 1. The van der Waals surface area contributed by atoms with Gasteiger partial charge in [-0.1, -0.05) is 6.07 Å². The summed E-state index contributed by atoms with van der Waals surface area (Å²) in [5.41, 5.74) is 1.12. The van der Waals surface area contributed by atoms with Crippen LogP contribution in [-0.2, 0) is 9.31 Å². The molecule has 1 saturated heterocycles. The van der Waals surface area contributed by atoms with Crippen molar-refractivity contribution in [1.29, 1.82) is 0 Å². The van der Waals surface area contributed by atoms with E-state index in [2.05, 4.69) is 9.97 Å². The van der Waals surface area contributed by atoms with E-state index in [0.717, 1.165) is 22.6 Å². The van der Waals surface area contributed by atoms with Crippen LogP contribution < -0.4 is 10.2 Å². The number of H-pyrrole nitrogens is 1. The molecule has 6 heteroatoms. The van der Waals surface area contributed by atoms with E-state index in [-0.39, 0.29) is 11.2 Å². The second-order valence-corrected chi connectivity index (χ2v) is 6.49. The first kappa shape index (κ1) is 15.1. The molecule has 3 rings (SSSR count). The van der Waals surface area contributed by atoms with Gasteiger partial charge in [0.15, 0.2) is 0 Å². The van der Waals surface area contributed by atoms with Crippen LogP contribution in [0.25, 0.3) is 11.4 Å². The van der Waals surface area contributed by atoms with Crippen molar-refractivity contribution in [2.24, 2.45) is 0 Å². The first-order chi connectivity index (χ1) is 10.3. The fourth-order valence-electron chi connectivity index (χ4n) is 2.45. The molecule has 0 bridgehead atoms. The molecule has 0 atom stereocenters. The number of aromatic nitrogens is 2. The maximum absolute atomic E-state index is 6.10. The van der Waals surface area contributed by atoms with Crippen LogP contribution in [0.2, 0.25) is 0 Å². The number of methoxy groups -OCH3 is 1. The van der Waals surface area contributed by atoms with Crippen molar-refractivity contribution in [2.75, 3.05) is 7.11 Å². The van der Waals surface area contributed by atoms with Crippen LogP contribution in [0, 0.1) is 0 Å². The third-order valence-corrected chi connectivity index (χ3v) is 4.50. The van der Waals surface area contributed by atoms with Crippen LogP contribution >= 0.6 is 0 Å². The van der Waals surface area contributed by atoms with Crippen LogP contribution in [0.15, 0.2) is 30.6 Å². The maximum Gasteiger partial charge on any atom is 0.494 e. The summed E-state index contributed by atoms with van der Waals surface area (Å²) in [6, 6.07) is 5.88. The largest absolute Gasteiger partial charge is 0.496 e. The molecule has 22 heavy (non-hydrogen) atoms. The molecule has 0 saturated carbocycles. The van der Waals surface area contributed by atoms with E-state index >= 15 is 0 Å². The lowest BCUT2D eigenvalue weighted by molar-refractivity contribution is 0.00578. The molecular weight excluding hydrogens is 279 g/mol. The van der Waals surface area contributed by atoms with Crippen LogP contribution in [-0.4, -0.2) is 35.4 Å². The lowest BCUT2D eigenvalue weighted by atomic mass is 9.78. The minimum atomic E-state index is -0.399. The van der Waals surface area contributed by atoms with Crippen molar-refractivity contribution in [3.05, 3.63) is 30.6 Å². The molecular formula is C16H21BN2O3. The molecule has 2 heterocycles. The highest BCUT2D eigenvalue weighted by Crippen LogP contribution is 2.37. The second-order valence-electron chi connectivity index (χ2n) is 6.49. The highest BCUT2D eigenvalue weighted by molar-refractivity contribution is 6.62. The number of aromatic amines is 1. The quantitative estimate of drug-likeness (QED) is 0.884. The van der Waals surface area contributed by atoms with Crippen molar-refractivity contribution in [3.8, 4) is 17.1 Å². The van der Waals surface area contributed by atoms with Gasteiger partial charge in [0, 0.05) is 12.4 Å². The first-order valence-electron chi connectivity index (χ1n) is 7.37. The number of hydrogen-bond donors (Lipinski definition) is 1. The molecule has 1 aliphatic rings. The Morgan fingerprint density at radius 3 is 2.36 bits per heavy atom. The highest BCUT2D eigenvalue weighted by atomic mass is 16.7. The molecule has 0 spiro atoms. The predicted molar refractivity (Wildman–Crippen MR) is 86.3 cm³/mol. The van der Waals surface area contributed by atoms with Gasteiger partial charge in [-0.05, 0) is 45.3 Å². The van der Waals surface area contributed by atoms with Crippen LogP contribution in [0.3, 0.4) is 0 Å². The summed E-state index contributed by atoms with van der Waals surface area (Å²) in [6.07, 6.45) is 3.51. The Morgan fingerprint density at radius 2 is 1.82 bits per heavy atom. The van der Waals surface area contributed by atoms with Crippen molar-refractivity contribution in [1.82, 2.24) is 9.97 Å². The fourth-order valence-corrected chi connectivity index (χ4v) is 2.45. The molecule has 116 valence electrons. The summed E-state index contributed by atoms with van der Waals surface area (Å²) in [6.45, 7) is 8.18. The van der Waals surface area contributed by atoms with E-state index < -0.39 is 7.12 Å². The molecule has 5 nitrogen and oxygen atoms in total. The molecule has 0 radical (unpaired) electrons. The third kappa shape index (κ3) is 2.42. The van der Waals surface area contributed by atoms with E-state index in [1.54, 1.807) is 19.5 Å². The number of hydrogen-bond acceptors (Lipinski definition) is 4. The molecule has 0 aliphatic carbocycles. The highest BCUT2D eigenvalue weighted by Gasteiger charge is 2.51. The smallest absolute Gasteiger partial charge is 0.494 e. The van der Waals surface area contributed by atoms with Crippen LogP contribution in [0.1, 0.15) is 27.7 Å². The average Bonchev–Trinajstić information content (AvgIpc) is 3.05. The standard InChI is InChI=1S/C16H21BN2O3/c1-15(2)16(3,4)22-17(21-15)11-6-7-13(20-5)12(10-11)14-18-8-9-19-14/h6-10H,1-5H3,(H,18,19). The number of rotatable bonds is 3. The molecule has 2 aromatic rings. The van der Waals surface area contributed by atoms with Gasteiger partial charge in [-0.25, -0.2) is 4.98 Å². The predicted octanol–water partition coefficient (Wildman–Crippen LogP) is 2.38. The summed E-state index contributed by atoms with van der Waals surface area (Å²) in [4.78, 5) is 7.41. The van der Waals surface area contributed by atoms with Gasteiger partial charge in [0.25, 0.3) is 0 Å². The zero-order valence-corrected chi connectivity index (χ0v) is 13.6. The van der Waals surface area contributed by atoms with Gasteiger partial charge >= 0.3 is 7.12 Å². The van der Waals surface area contributed by atoms with Crippen molar-refractivity contribution in [3.63, 3.8) is 0 Å². The van der Waals surface area contributed by atoms with Gasteiger partial charge in [0.2, 0.25) is 0 Å². The molecule has 1 aromatic heterocycles. The number of nitrogens with one attached hydrogen (secondary N) is 1. The molecule has 1 aliphatic heterocycles. The Morgan fingerprint density at radius 1 is 1.14 bits per heavy atom. The van der Waals surface area contributed by atoms with Crippen LogP contribution in [0.5, 0.6) is 5.75 Å². The zero-order valence-electron chi connectivity index (χ0n) is 13.6. The summed E-state index contributed by atoms with van der Waals surface area (Å²) in [5, 5.41) is 0. The summed E-state index contributed by atoms with van der Waals surface area (Å²) in [5.74, 6) is 1.52. The maximum atomic E-state index is 6.10. The van der Waals surface area contributed by atoms with Gasteiger partial charge in [0.1, 0.15) is 11.6 Å². The zero-order chi connectivity index (χ0) is 16.0. The van der Waals surface area contributed by atoms with E-state index in [9.17, 15) is 0 Å². The van der Waals surface area contributed by atoms with Gasteiger partial charge < -0.3 is 19.0 Å². The fraction of sp³-hybridized carbons (Fsp3) is 0.438. The molecule has 1 N–H and O–H groups in total. The SMILES string of the molecule is COc1ccc(B2OC(C)(C)C(C)(C)O2)cc1-c1ncc[nH]1. The normalized spacial score (nSPS) is 19.4. The molecule has 0 unspecified atom stereocenters.